The van der Waals surface area contributed by atoms with E-state index in [1.165, 1.54) is 22.3 Å². The zero-order valence-corrected chi connectivity index (χ0v) is 17.9. The van der Waals surface area contributed by atoms with E-state index in [2.05, 4.69) is 4.98 Å². The third kappa shape index (κ3) is 4.49. The van der Waals surface area contributed by atoms with E-state index in [1.807, 2.05) is 35.2 Å². The zero-order chi connectivity index (χ0) is 20.3. The molecule has 2 aromatic rings. The number of sulfonamides is 1. The molecule has 1 aromatic heterocycles. The van der Waals surface area contributed by atoms with E-state index in [1.54, 1.807) is 12.1 Å². The Morgan fingerprint density at radius 2 is 1.59 bits per heavy atom. The average molecular weight is 432 g/mol. The fraction of sp³-hybridized carbons (Fsp3) is 0.429. The monoisotopic (exact) mass is 431 g/mol. The molecule has 1 aromatic carbocycles. The number of likely N-dealkylation sites (tertiary alicyclic amines) is 1. The van der Waals surface area contributed by atoms with Gasteiger partial charge in [-0.15, -0.1) is 0 Å². The summed E-state index contributed by atoms with van der Waals surface area (Å²) in [6.07, 6.45) is 5.30. The van der Waals surface area contributed by atoms with E-state index in [0.29, 0.717) is 18.1 Å². The third-order valence-electron chi connectivity index (χ3n) is 5.39. The number of carbonyl (C=O) groups excluding carboxylic acids is 1. The van der Waals surface area contributed by atoms with Crippen LogP contribution in [0, 0.1) is 0 Å². The van der Waals surface area contributed by atoms with E-state index in [4.69, 9.17) is 0 Å². The quantitative estimate of drug-likeness (QED) is 0.656. The van der Waals surface area contributed by atoms with E-state index >= 15 is 0 Å². The van der Waals surface area contributed by atoms with Gasteiger partial charge in [0, 0.05) is 32.4 Å². The molecule has 0 unspecified atom stereocenters. The number of thioether (sulfide) groups is 1. The van der Waals surface area contributed by atoms with Gasteiger partial charge >= 0.3 is 0 Å². The van der Waals surface area contributed by atoms with Crippen LogP contribution in [-0.4, -0.2) is 54.7 Å². The van der Waals surface area contributed by atoms with Gasteiger partial charge in [0.15, 0.2) is 0 Å². The summed E-state index contributed by atoms with van der Waals surface area (Å²) in [6.45, 7) is 2.73. The van der Waals surface area contributed by atoms with Gasteiger partial charge in [-0.25, -0.2) is 13.4 Å². The average Bonchev–Trinajstić information content (AvgIpc) is 3.47. The van der Waals surface area contributed by atoms with Gasteiger partial charge in [-0.3, -0.25) is 4.79 Å². The summed E-state index contributed by atoms with van der Waals surface area (Å²) >= 11 is 1.38. The molecule has 1 atom stereocenters. The fourth-order valence-corrected chi connectivity index (χ4v) is 6.29. The van der Waals surface area contributed by atoms with Crippen molar-refractivity contribution in [3.63, 3.8) is 0 Å². The lowest BCUT2D eigenvalue weighted by Gasteiger charge is -2.23. The van der Waals surface area contributed by atoms with Gasteiger partial charge in [0.2, 0.25) is 15.9 Å². The first-order valence-corrected chi connectivity index (χ1v) is 12.3. The lowest BCUT2D eigenvalue weighted by Crippen LogP contribution is -2.31. The van der Waals surface area contributed by atoms with Crippen molar-refractivity contribution in [2.24, 2.45) is 0 Å². The predicted molar refractivity (Wildman–Crippen MR) is 113 cm³/mol. The Kier molecular flexibility index (Phi) is 6.22. The summed E-state index contributed by atoms with van der Waals surface area (Å²) in [4.78, 5) is 19.6. The highest BCUT2D eigenvalue weighted by Gasteiger charge is 2.30. The van der Waals surface area contributed by atoms with Gasteiger partial charge in [-0.05, 0) is 43.4 Å². The molecule has 29 heavy (non-hydrogen) atoms. The molecule has 0 spiro atoms. The second-order valence-corrected chi connectivity index (χ2v) is 10.4. The van der Waals surface area contributed by atoms with Gasteiger partial charge in [0.1, 0.15) is 10.1 Å². The maximum atomic E-state index is 13.1. The summed E-state index contributed by atoms with van der Waals surface area (Å²) in [5, 5.41) is 0.259. The van der Waals surface area contributed by atoms with Crippen LogP contribution >= 0.6 is 11.8 Å². The van der Waals surface area contributed by atoms with E-state index in [9.17, 15) is 13.2 Å². The summed E-state index contributed by atoms with van der Waals surface area (Å²) in [7, 11) is -3.48. The van der Waals surface area contributed by atoms with Crippen LogP contribution in [0.4, 0.5) is 0 Å². The molecule has 1 amide bonds. The van der Waals surface area contributed by atoms with Crippen LogP contribution in [0.1, 0.15) is 36.5 Å². The topological polar surface area (TPSA) is 70.6 Å². The molecule has 8 heteroatoms. The van der Waals surface area contributed by atoms with Crippen molar-refractivity contribution in [1.82, 2.24) is 14.2 Å². The first-order valence-electron chi connectivity index (χ1n) is 10.0. The van der Waals surface area contributed by atoms with E-state index < -0.39 is 10.0 Å². The molecule has 0 radical (unpaired) electrons. The molecule has 0 bridgehead atoms. The van der Waals surface area contributed by atoms with Gasteiger partial charge in [-0.2, -0.15) is 4.31 Å². The number of hydrogen-bond donors (Lipinski definition) is 0. The van der Waals surface area contributed by atoms with Crippen molar-refractivity contribution in [1.29, 1.82) is 0 Å². The summed E-state index contributed by atoms with van der Waals surface area (Å²) in [6, 6.07) is 13.0. The number of hydrogen-bond acceptors (Lipinski definition) is 5. The molecule has 2 fully saturated rings. The van der Waals surface area contributed by atoms with Crippen molar-refractivity contribution in [3.8, 4) is 0 Å². The van der Waals surface area contributed by atoms with Crippen molar-refractivity contribution in [2.45, 2.75) is 40.9 Å². The zero-order valence-electron chi connectivity index (χ0n) is 16.2. The number of pyridine rings is 1. The first kappa shape index (κ1) is 20.4. The van der Waals surface area contributed by atoms with E-state index in [-0.39, 0.29) is 16.1 Å². The molecule has 154 valence electrons. The maximum absolute atomic E-state index is 13.1. The van der Waals surface area contributed by atoms with Gasteiger partial charge in [0.05, 0.1) is 5.03 Å². The summed E-state index contributed by atoms with van der Waals surface area (Å²) in [5.41, 5.74) is 0.935. The number of rotatable bonds is 6. The molecular formula is C21H25N3O3S2. The van der Waals surface area contributed by atoms with Crippen LogP contribution in [0.3, 0.4) is 0 Å². The number of benzene rings is 1. The molecule has 0 N–H and O–H groups in total. The minimum atomic E-state index is -3.48. The van der Waals surface area contributed by atoms with Crippen molar-refractivity contribution < 1.29 is 13.2 Å². The summed E-state index contributed by atoms with van der Waals surface area (Å²) < 4.78 is 26.9. The van der Waals surface area contributed by atoms with Crippen LogP contribution in [0.25, 0.3) is 0 Å². The van der Waals surface area contributed by atoms with E-state index in [0.717, 1.165) is 44.3 Å². The highest BCUT2D eigenvalue weighted by molar-refractivity contribution is 8.00. The molecular weight excluding hydrogens is 406 g/mol. The highest BCUT2D eigenvalue weighted by atomic mass is 32.2. The standard InChI is InChI=1S/C21H25N3O3S2/c25-21(23-12-4-5-13-23)20(17-8-2-1-3-9-17)28-19-11-10-18(16-22-19)29(26,27)24-14-6-7-15-24/h1-3,8-11,16,20H,4-7,12-15H2/t20-/m0/s1. The van der Waals surface area contributed by atoms with Gasteiger partial charge in [0.25, 0.3) is 0 Å². The smallest absolute Gasteiger partial charge is 0.244 e. The third-order valence-corrected chi connectivity index (χ3v) is 8.47. The Balaban J connectivity index is 1.55. The van der Waals surface area contributed by atoms with Gasteiger partial charge < -0.3 is 4.90 Å². The van der Waals surface area contributed by atoms with Crippen LogP contribution in [0.15, 0.2) is 58.6 Å². The molecule has 2 aliphatic rings. The number of carbonyl (C=O) groups is 1. The normalized spacial score (nSPS) is 18.8. The Hall–Kier alpha value is -1.90. The number of aromatic nitrogens is 1. The van der Waals surface area contributed by atoms with Crippen LogP contribution < -0.4 is 0 Å². The highest BCUT2D eigenvalue weighted by Crippen LogP contribution is 2.37. The second-order valence-electron chi connectivity index (χ2n) is 7.38. The number of nitrogens with zero attached hydrogens (tertiary/aromatic N) is 3. The molecule has 3 heterocycles. The molecule has 0 aliphatic carbocycles. The Morgan fingerprint density at radius 1 is 0.931 bits per heavy atom. The Bertz CT molecular complexity index is 937. The fourth-order valence-electron chi connectivity index (χ4n) is 3.78. The largest absolute Gasteiger partial charge is 0.341 e. The molecule has 0 saturated carbocycles. The minimum Gasteiger partial charge on any atom is -0.341 e. The Labute approximate surface area is 176 Å². The van der Waals surface area contributed by atoms with Crippen LogP contribution in [0.5, 0.6) is 0 Å². The van der Waals surface area contributed by atoms with Crippen molar-refractivity contribution in [2.75, 3.05) is 26.2 Å². The Morgan fingerprint density at radius 3 is 2.21 bits per heavy atom. The van der Waals surface area contributed by atoms with Crippen molar-refractivity contribution in [3.05, 3.63) is 54.2 Å². The lowest BCUT2D eigenvalue weighted by atomic mass is 10.1. The maximum Gasteiger partial charge on any atom is 0.244 e. The molecule has 4 rings (SSSR count). The molecule has 2 aliphatic heterocycles. The minimum absolute atomic E-state index is 0.0919. The molecule has 2 saturated heterocycles. The first-order chi connectivity index (χ1) is 14.1. The predicted octanol–water partition coefficient (Wildman–Crippen LogP) is 3.32. The SMILES string of the molecule is O=C([C@@H](Sc1ccc(S(=O)(=O)N2CCCC2)cn1)c1ccccc1)N1CCCC1. The molecule has 6 nitrogen and oxygen atoms in total. The van der Waals surface area contributed by atoms with Crippen LogP contribution in [0.2, 0.25) is 0 Å². The van der Waals surface area contributed by atoms with Gasteiger partial charge in [-0.1, -0.05) is 42.1 Å². The summed E-state index contributed by atoms with van der Waals surface area (Å²) in [5.74, 6) is 0.0919. The lowest BCUT2D eigenvalue weighted by molar-refractivity contribution is -0.129. The van der Waals surface area contributed by atoms with Crippen molar-refractivity contribution >= 4 is 27.7 Å². The number of amides is 1. The second kappa shape index (κ2) is 8.85. The van der Waals surface area contributed by atoms with Crippen LogP contribution in [-0.2, 0) is 14.8 Å².